The standard InChI is InChI=1S/C11H20N2O/c1-11(2,3)13-10(14)7-6-9-5-4-8-12-9/h6-7,9,12H,4-5,8H2,1-3H3,(H,13,14)/b7-6+/t9-/m1/s1. The summed E-state index contributed by atoms with van der Waals surface area (Å²) in [5.74, 6) is -0.00815. The van der Waals surface area contributed by atoms with Gasteiger partial charge in [0, 0.05) is 17.7 Å². The maximum absolute atomic E-state index is 11.4. The molecule has 0 aromatic heterocycles. The fourth-order valence-electron chi connectivity index (χ4n) is 1.49. The molecule has 1 amide bonds. The van der Waals surface area contributed by atoms with Crippen molar-refractivity contribution in [1.82, 2.24) is 10.6 Å². The Bertz CT molecular complexity index is 222. The summed E-state index contributed by atoms with van der Waals surface area (Å²) in [4.78, 5) is 11.4. The van der Waals surface area contributed by atoms with Gasteiger partial charge in [-0.15, -0.1) is 0 Å². The number of hydrogen-bond donors (Lipinski definition) is 2. The van der Waals surface area contributed by atoms with Crippen LogP contribution in [0.15, 0.2) is 12.2 Å². The fraction of sp³-hybridized carbons (Fsp3) is 0.727. The van der Waals surface area contributed by atoms with Crippen molar-refractivity contribution in [1.29, 1.82) is 0 Å². The Kier molecular flexibility index (Phi) is 3.69. The zero-order valence-corrected chi connectivity index (χ0v) is 9.26. The minimum absolute atomic E-state index is 0.00815. The highest BCUT2D eigenvalue weighted by molar-refractivity contribution is 5.88. The second-order valence-electron chi connectivity index (χ2n) is 4.80. The van der Waals surface area contributed by atoms with Gasteiger partial charge in [0.05, 0.1) is 0 Å². The van der Waals surface area contributed by atoms with Crippen molar-refractivity contribution in [2.45, 2.75) is 45.2 Å². The van der Waals surface area contributed by atoms with Gasteiger partial charge in [-0.05, 0) is 40.2 Å². The third-order valence-corrected chi connectivity index (χ3v) is 2.08. The molecule has 1 atom stereocenters. The number of carbonyl (C=O) groups is 1. The van der Waals surface area contributed by atoms with Crippen LogP contribution >= 0.6 is 0 Å². The maximum atomic E-state index is 11.4. The topological polar surface area (TPSA) is 41.1 Å². The summed E-state index contributed by atoms with van der Waals surface area (Å²) in [6.07, 6.45) is 5.93. The van der Waals surface area contributed by atoms with Gasteiger partial charge in [-0.2, -0.15) is 0 Å². The van der Waals surface area contributed by atoms with E-state index in [9.17, 15) is 4.79 Å². The molecule has 0 bridgehead atoms. The number of nitrogens with one attached hydrogen (secondary N) is 2. The second-order valence-corrected chi connectivity index (χ2v) is 4.80. The molecule has 0 saturated carbocycles. The Morgan fingerprint density at radius 3 is 2.71 bits per heavy atom. The van der Waals surface area contributed by atoms with Crippen molar-refractivity contribution < 1.29 is 4.79 Å². The average molecular weight is 196 g/mol. The minimum Gasteiger partial charge on any atom is -0.348 e. The molecule has 2 N–H and O–H groups in total. The lowest BCUT2D eigenvalue weighted by Gasteiger charge is -2.19. The number of amides is 1. The average Bonchev–Trinajstić information content (AvgIpc) is 2.49. The predicted octanol–water partition coefficient (Wildman–Crippen LogP) is 1.21. The van der Waals surface area contributed by atoms with Crippen LogP contribution in [0.4, 0.5) is 0 Å². The maximum Gasteiger partial charge on any atom is 0.244 e. The van der Waals surface area contributed by atoms with Crippen LogP contribution < -0.4 is 10.6 Å². The van der Waals surface area contributed by atoms with Gasteiger partial charge in [0.25, 0.3) is 0 Å². The van der Waals surface area contributed by atoms with Gasteiger partial charge in [0.1, 0.15) is 0 Å². The quantitative estimate of drug-likeness (QED) is 0.652. The van der Waals surface area contributed by atoms with Crippen LogP contribution in [0.2, 0.25) is 0 Å². The summed E-state index contributed by atoms with van der Waals surface area (Å²) in [7, 11) is 0. The van der Waals surface area contributed by atoms with E-state index >= 15 is 0 Å². The Morgan fingerprint density at radius 1 is 1.50 bits per heavy atom. The van der Waals surface area contributed by atoms with Gasteiger partial charge in [-0.1, -0.05) is 6.08 Å². The van der Waals surface area contributed by atoms with E-state index in [4.69, 9.17) is 0 Å². The summed E-state index contributed by atoms with van der Waals surface area (Å²) < 4.78 is 0. The molecule has 80 valence electrons. The van der Waals surface area contributed by atoms with Crippen LogP contribution in [0.1, 0.15) is 33.6 Å². The van der Waals surface area contributed by atoms with Gasteiger partial charge in [0.2, 0.25) is 5.91 Å². The van der Waals surface area contributed by atoms with Crippen LogP contribution in [-0.4, -0.2) is 24.0 Å². The lowest BCUT2D eigenvalue weighted by molar-refractivity contribution is -0.117. The molecule has 1 saturated heterocycles. The number of rotatable bonds is 2. The molecule has 1 heterocycles. The summed E-state index contributed by atoms with van der Waals surface area (Å²) in [5.41, 5.74) is -0.148. The molecule has 14 heavy (non-hydrogen) atoms. The SMILES string of the molecule is CC(C)(C)NC(=O)/C=C/[C@H]1CCCN1. The molecule has 1 aliphatic heterocycles. The van der Waals surface area contributed by atoms with Gasteiger partial charge in [-0.3, -0.25) is 4.79 Å². The summed E-state index contributed by atoms with van der Waals surface area (Å²) in [6, 6.07) is 0.390. The molecule has 3 nitrogen and oxygen atoms in total. The van der Waals surface area contributed by atoms with Crippen LogP contribution in [0.5, 0.6) is 0 Å². The molecule has 1 rings (SSSR count). The van der Waals surface area contributed by atoms with Crippen molar-refractivity contribution in [3.63, 3.8) is 0 Å². The van der Waals surface area contributed by atoms with Crippen LogP contribution in [0.25, 0.3) is 0 Å². The Labute approximate surface area is 86.0 Å². The minimum atomic E-state index is -0.148. The van der Waals surface area contributed by atoms with E-state index in [2.05, 4.69) is 10.6 Å². The highest BCUT2D eigenvalue weighted by Crippen LogP contribution is 2.06. The van der Waals surface area contributed by atoms with Crippen molar-refractivity contribution in [2.75, 3.05) is 6.54 Å². The first-order chi connectivity index (χ1) is 6.47. The second kappa shape index (κ2) is 4.60. The fourth-order valence-corrected chi connectivity index (χ4v) is 1.49. The van der Waals surface area contributed by atoms with Crippen molar-refractivity contribution in [3.8, 4) is 0 Å². The number of carbonyl (C=O) groups excluding carboxylic acids is 1. The van der Waals surface area contributed by atoms with E-state index in [1.165, 1.54) is 6.42 Å². The highest BCUT2D eigenvalue weighted by atomic mass is 16.1. The van der Waals surface area contributed by atoms with E-state index in [0.717, 1.165) is 13.0 Å². The lowest BCUT2D eigenvalue weighted by atomic mass is 10.1. The Hall–Kier alpha value is -0.830. The normalized spacial score (nSPS) is 22.9. The largest absolute Gasteiger partial charge is 0.348 e. The van der Waals surface area contributed by atoms with Gasteiger partial charge < -0.3 is 10.6 Å². The number of hydrogen-bond acceptors (Lipinski definition) is 2. The molecule has 0 radical (unpaired) electrons. The molecule has 0 spiro atoms. The monoisotopic (exact) mass is 196 g/mol. The van der Waals surface area contributed by atoms with Crippen LogP contribution in [0.3, 0.4) is 0 Å². The van der Waals surface area contributed by atoms with Gasteiger partial charge >= 0.3 is 0 Å². The van der Waals surface area contributed by atoms with Crippen LogP contribution in [-0.2, 0) is 4.79 Å². The van der Waals surface area contributed by atoms with E-state index < -0.39 is 0 Å². The smallest absolute Gasteiger partial charge is 0.244 e. The van der Waals surface area contributed by atoms with E-state index in [-0.39, 0.29) is 11.4 Å². The molecule has 1 fully saturated rings. The summed E-state index contributed by atoms with van der Waals surface area (Å²) in [5, 5.41) is 6.20. The lowest BCUT2D eigenvalue weighted by Crippen LogP contribution is -2.39. The molecule has 0 aromatic carbocycles. The first-order valence-corrected chi connectivity index (χ1v) is 5.21. The van der Waals surface area contributed by atoms with Crippen LogP contribution in [0, 0.1) is 0 Å². The first-order valence-electron chi connectivity index (χ1n) is 5.21. The Balaban J connectivity index is 2.32. The highest BCUT2D eigenvalue weighted by Gasteiger charge is 2.13. The van der Waals surface area contributed by atoms with Crippen molar-refractivity contribution >= 4 is 5.91 Å². The predicted molar refractivity (Wildman–Crippen MR) is 58.1 cm³/mol. The first kappa shape index (κ1) is 11.2. The van der Waals surface area contributed by atoms with E-state index in [1.54, 1.807) is 6.08 Å². The van der Waals surface area contributed by atoms with Crippen molar-refractivity contribution in [2.24, 2.45) is 0 Å². The van der Waals surface area contributed by atoms with Gasteiger partial charge in [-0.25, -0.2) is 0 Å². The molecule has 0 aliphatic carbocycles. The summed E-state index contributed by atoms with van der Waals surface area (Å²) >= 11 is 0. The van der Waals surface area contributed by atoms with Gasteiger partial charge in [0.15, 0.2) is 0 Å². The molecular formula is C11H20N2O. The third kappa shape index (κ3) is 4.42. The molecule has 3 heteroatoms. The summed E-state index contributed by atoms with van der Waals surface area (Å²) in [6.45, 7) is 7.00. The third-order valence-electron chi connectivity index (χ3n) is 2.08. The molecule has 1 aliphatic rings. The Morgan fingerprint density at radius 2 is 2.21 bits per heavy atom. The zero-order valence-electron chi connectivity index (χ0n) is 9.26. The van der Waals surface area contributed by atoms with E-state index in [1.807, 2.05) is 26.8 Å². The molecule has 0 unspecified atom stereocenters. The zero-order chi connectivity index (χ0) is 10.6. The molecule has 0 aromatic rings. The van der Waals surface area contributed by atoms with E-state index in [0.29, 0.717) is 6.04 Å². The molecular weight excluding hydrogens is 176 g/mol. The van der Waals surface area contributed by atoms with Crippen molar-refractivity contribution in [3.05, 3.63) is 12.2 Å².